The Balaban J connectivity index is 1.29. The first kappa shape index (κ1) is 20.9. The number of ether oxygens (including phenoxy) is 2. The van der Waals surface area contributed by atoms with Gasteiger partial charge in [0, 0.05) is 12.0 Å². The van der Waals surface area contributed by atoms with Crippen LogP contribution >= 0.6 is 11.6 Å². The van der Waals surface area contributed by atoms with Crippen molar-refractivity contribution in [2.45, 2.75) is 43.6 Å². The maximum atomic E-state index is 12.5. The van der Waals surface area contributed by atoms with E-state index in [-0.39, 0.29) is 11.7 Å². The summed E-state index contributed by atoms with van der Waals surface area (Å²) in [5.41, 5.74) is 1.12. The molecule has 2 aromatic carbocycles. The van der Waals surface area contributed by atoms with Crippen LogP contribution < -0.4 is 9.64 Å². The largest absolute Gasteiger partial charge is 0.573 e. The zero-order chi connectivity index (χ0) is 22.5. The van der Waals surface area contributed by atoms with Crippen LogP contribution in [0.3, 0.4) is 0 Å². The molecule has 1 amide bonds. The molecular formula is C22H19ClF3N3O3. The maximum Gasteiger partial charge on any atom is 0.573 e. The van der Waals surface area contributed by atoms with E-state index in [2.05, 4.69) is 14.7 Å². The van der Waals surface area contributed by atoms with E-state index in [1.165, 1.54) is 18.2 Å². The highest BCUT2D eigenvalue weighted by molar-refractivity contribution is 6.33. The maximum absolute atomic E-state index is 12.5. The fourth-order valence-electron chi connectivity index (χ4n) is 4.55. The molecule has 0 radical (unpaired) electrons. The number of aromatic nitrogens is 2. The second-order valence-corrected chi connectivity index (χ2v) is 8.62. The van der Waals surface area contributed by atoms with Crippen LogP contribution in [0.25, 0.3) is 11.0 Å². The second-order valence-electron chi connectivity index (χ2n) is 8.21. The predicted octanol–water partition coefficient (Wildman–Crippen LogP) is 6.17. The second kappa shape index (κ2) is 7.58. The van der Waals surface area contributed by atoms with Crippen molar-refractivity contribution in [1.29, 1.82) is 0 Å². The third-order valence-corrected chi connectivity index (χ3v) is 6.42. The third kappa shape index (κ3) is 3.97. The van der Waals surface area contributed by atoms with Gasteiger partial charge in [0.1, 0.15) is 17.2 Å². The highest BCUT2D eigenvalue weighted by Gasteiger charge is 2.48. The minimum Gasteiger partial charge on any atom is -0.441 e. The molecule has 1 N–H and O–H groups in total. The Bertz CT molecular complexity index is 1170. The lowest BCUT2D eigenvalue weighted by molar-refractivity contribution is -0.274. The number of nitrogens with zero attached hydrogens (tertiary/aromatic N) is 2. The first-order valence-corrected chi connectivity index (χ1v) is 10.6. The van der Waals surface area contributed by atoms with Gasteiger partial charge in [0.05, 0.1) is 28.3 Å². The molecule has 0 bridgehead atoms. The number of carbonyl (C=O) groups excluding carboxylic acids is 1. The Kier molecular flexibility index (Phi) is 4.96. The topological polar surface area (TPSA) is 67.5 Å². The number of halogens is 4. The van der Waals surface area contributed by atoms with Gasteiger partial charge in [0.2, 0.25) is 0 Å². The van der Waals surface area contributed by atoms with Crippen LogP contribution in [0.5, 0.6) is 5.75 Å². The van der Waals surface area contributed by atoms with Gasteiger partial charge in [-0.05, 0) is 49.9 Å². The Morgan fingerprint density at radius 3 is 2.66 bits per heavy atom. The van der Waals surface area contributed by atoms with Crippen molar-refractivity contribution >= 4 is 34.4 Å². The molecule has 32 heavy (non-hydrogen) atoms. The van der Waals surface area contributed by atoms with E-state index >= 15 is 0 Å². The van der Waals surface area contributed by atoms with Crippen molar-refractivity contribution in [3.05, 3.63) is 53.3 Å². The molecule has 0 atom stereocenters. The molecule has 1 saturated carbocycles. The van der Waals surface area contributed by atoms with Gasteiger partial charge in [-0.15, -0.1) is 13.2 Å². The van der Waals surface area contributed by atoms with E-state index in [9.17, 15) is 18.0 Å². The molecule has 1 aliphatic carbocycles. The Morgan fingerprint density at radius 2 is 1.94 bits per heavy atom. The van der Waals surface area contributed by atoms with Gasteiger partial charge in [-0.3, -0.25) is 4.90 Å². The number of hydrogen-bond acceptors (Lipinski definition) is 4. The number of nitrogens with one attached hydrogen (secondary N) is 1. The molecule has 1 saturated heterocycles. The van der Waals surface area contributed by atoms with Gasteiger partial charge >= 0.3 is 12.5 Å². The minimum absolute atomic E-state index is 0.0908. The average molecular weight is 466 g/mol. The van der Waals surface area contributed by atoms with Crippen molar-refractivity contribution in [2.24, 2.45) is 0 Å². The zero-order valence-electron chi connectivity index (χ0n) is 16.8. The lowest BCUT2D eigenvalue weighted by Crippen LogP contribution is -2.38. The standard InChI is InChI=1S/C22H19ClF3N3O3/c23-15-3-1-2-4-18(15)29-12-21(32-20(29)30)9-7-13(8-10-21)19-27-16-6-5-14(11-17(16)28-19)31-22(24,25)26/h1-6,11,13H,7-10,12H2,(H,27,28). The average Bonchev–Trinajstić information content (AvgIpc) is 3.28. The summed E-state index contributed by atoms with van der Waals surface area (Å²) in [6.45, 7) is 0.431. The molecule has 1 aromatic heterocycles. The number of amides is 1. The number of hydrogen-bond donors (Lipinski definition) is 1. The lowest BCUT2D eigenvalue weighted by atomic mass is 9.78. The first-order chi connectivity index (χ1) is 15.2. The van der Waals surface area contributed by atoms with E-state index in [1.54, 1.807) is 23.1 Å². The SMILES string of the molecule is O=C1OC2(CCC(c3nc4cc(OC(F)(F)F)ccc4[nH]3)CC2)CN1c1ccccc1Cl. The highest BCUT2D eigenvalue weighted by Crippen LogP contribution is 2.44. The molecule has 1 spiro atoms. The smallest absolute Gasteiger partial charge is 0.441 e. The van der Waals surface area contributed by atoms with E-state index in [4.69, 9.17) is 16.3 Å². The minimum atomic E-state index is -4.75. The fourth-order valence-corrected chi connectivity index (χ4v) is 4.79. The van der Waals surface area contributed by atoms with Crippen molar-refractivity contribution < 1.29 is 27.4 Å². The Labute approximate surface area is 186 Å². The van der Waals surface area contributed by atoms with Gasteiger partial charge in [-0.25, -0.2) is 9.78 Å². The summed E-state index contributed by atoms with van der Waals surface area (Å²) in [6.07, 6.45) is -2.38. The monoisotopic (exact) mass is 465 g/mol. The van der Waals surface area contributed by atoms with Crippen molar-refractivity contribution in [3.8, 4) is 5.75 Å². The molecule has 1 aliphatic heterocycles. The van der Waals surface area contributed by atoms with Crippen LogP contribution in [0, 0.1) is 0 Å². The van der Waals surface area contributed by atoms with Crippen LogP contribution in [-0.2, 0) is 4.74 Å². The summed E-state index contributed by atoms with van der Waals surface area (Å²) in [5.74, 6) is 0.502. The number of fused-ring (bicyclic) bond motifs is 1. The quantitative estimate of drug-likeness (QED) is 0.502. The van der Waals surface area contributed by atoms with E-state index < -0.39 is 18.1 Å². The van der Waals surface area contributed by atoms with Gasteiger partial charge < -0.3 is 14.5 Å². The normalized spacial score (nSPS) is 23.7. The van der Waals surface area contributed by atoms with Crippen LogP contribution in [0.15, 0.2) is 42.5 Å². The summed E-state index contributed by atoms with van der Waals surface area (Å²) in [7, 11) is 0. The third-order valence-electron chi connectivity index (χ3n) is 6.10. The molecular weight excluding hydrogens is 447 g/mol. The highest BCUT2D eigenvalue weighted by atomic mass is 35.5. The van der Waals surface area contributed by atoms with E-state index in [1.807, 2.05) is 6.07 Å². The van der Waals surface area contributed by atoms with Crippen molar-refractivity contribution in [3.63, 3.8) is 0 Å². The summed E-state index contributed by atoms with van der Waals surface area (Å²) in [4.78, 5) is 21.8. The molecule has 168 valence electrons. The van der Waals surface area contributed by atoms with Crippen LogP contribution in [0.1, 0.15) is 37.4 Å². The number of anilines is 1. The summed E-state index contributed by atoms with van der Waals surface area (Å²) < 4.78 is 47.2. The molecule has 2 aliphatic rings. The van der Waals surface area contributed by atoms with Crippen LogP contribution in [-0.4, -0.2) is 34.6 Å². The lowest BCUT2D eigenvalue weighted by Gasteiger charge is -2.34. The van der Waals surface area contributed by atoms with Crippen LogP contribution in [0.2, 0.25) is 5.02 Å². The summed E-state index contributed by atoms with van der Waals surface area (Å²) >= 11 is 6.25. The number of benzene rings is 2. The molecule has 10 heteroatoms. The summed E-state index contributed by atoms with van der Waals surface area (Å²) in [6, 6.07) is 11.2. The van der Waals surface area contributed by atoms with Gasteiger partial charge in [0.25, 0.3) is 0 Å². The number of para-hydroxylation sites is 1. The van der Waals surface area contributed by atoms with Gasteiger partial charge in [-0.1, -0.05) is 23.7 Å². The predicted molar refractivity (Wildman–Crippen MR) is 112 cm³/mol. The number of alkyl halides is 3. The molecule has 2 heterocycles. The fraction of sp³-hybridized carbons (Fsp3) is 0.364. The number of carbonyl (C=O) groups is 1. The van der Waals surface area contributed by atoms with Crippen molar-refractivity contribution in [2.75, 3.05) is 11.4 Å². The van der Waals surface area contributed by atoms with Crippen LogP contribution in [0.4, 0.5) is 23.7 Å². The molecule has 0 unspecified atom stereocenters. The van der Waals surface area contributed by atoms with E-state index in [0.717, 1.165) is 12.8 Å². The number of imidazole rings is 1. The van der Waals surface area contributed by atoms with Crippen molar-refractivity contribution in [1.82, 2.24) is 9.97 Å². The number of H-pyrrole nitrogens is 1. The first-order valence-electron chi connectivity index (χ1n) is 10.2. The Morgan fingerprint density at radius 1 is 1.19 bits per heavy atom. The Hall–Kier alpha value is -2.94. The van der Waals surface area contributed by atoms with Gasteiger partial charge in [-0.2, -0.15) is 0 Å². The van der Waals surface area contributed by atoms with Gasteiger partial charge in [0.15, 0.2) is 0 Å². The molecule has 5 rings (SSSR count). The molecule has 2 fully saturated rings. The number of rotatable bonds is 3. The molecule has 6 nitrogen and oxygen atoms in total. The molecule has 3 aromatic rings. The summed E-state index contributed by atoms with van der Waals surface area (Å²) in [5, 5.41) is 0.492. The van der Waals surface area contributed by atoms with E-state index in [0.29, 0.717) is 47.0 Å². The number of aromatic amines is 1. The zero-order valence-corrected chi connectivity index (χ0v) is 17.5.